The van der Waals surface area contributed by atoms with Gasteiger partial charge in [-0.2, -0.15) is 0 Å². The standard InChI is InChI=1S/C12H18Si/c1-13(2,3)12-9-11(12)10-7-5-4-6-8-10/h4-8,11-12H,9H2,1-3H3/t11-,12?/m1/s1. The van der Waals surface area contributed by atoms with Crippen LogP contribution in [0.3, 0.4) is 0 Å². The second-order valence-electron chi connectivity index (χ2n) is 5.23. The molecule has 0 heterocycles. The van der Waals surface area contributed by atoms with Crippen molar-refractivity contribution in [3.8, 4) is 0 Å². The third-order valence-corrected chi connectivity index (χ3v) is 5.99. The fraction of sp³-hybridized carbons (Fsp3) is 0.500. The molecule has 0 saturated heterocycles. The molecule has 1 fully saturated rings. The topological polar surface area (TPSA) is 0 Å². The zero-order chi connectivity index (χ0) is 9.47. The fourth-order valence-electron chi connectivity index (χ4n) is 2.22. The number of hydrogen-bond donors (Lipinski definition) is 0. The van der Waals surface area contributed by atoms with Crippen molar-refractivity contribution in [2.45, 2.75) is 37.5 Å². The molecule has 2 atom stereocenters. The molecule has 0 aromatic heterocycles. The predicted molar refractivity (Wildman–Crippen MR) is 60.9 cm³/mol. The number of hydrogen-bond acceptors (Lipinski definition) is 0. The molecular formula is C12H18Si. The van der Waals surface area contributed by atoms with Gasteiger partial charge in [-0.15, -0.1) is 0 Å². The van der Waals surface area contributed by atoms with E-state index in [2.05, 4.69) is 50.0 Å². The molecule has 1 aliphatic carbocycles. The summed E-state index contributed by atoms with van der Waals surface area (Å²) in [6.07, 6.45) is 1.44. The van der Waals surface area contributed by atoms with Gasteiger partial charge >= 0.3 is 0 Å². The summed E-state index contributed by atoms with van der Waals surface area (Å²) in [5.41, 5.74) is 2.60. The lowest BCUT2D eigenvalue weighted by atomic mass is 10.1. The summed E-state index contributed by atoms with van der Waals surface area (Å²) in [7, 11) is -0.869. The molecular weight excluding hydrogens is 172 g/mol. The molecule has 0 radical (unpaired) electrons. The molecule has 1 aliphatic rings. The van der Waals surface area contributed by atoms with Crippen LogP contribution in [0, 0.1) is 0 Å². The average molecular weight is 190 g/mol. The Morgan fingerprint density at radius 3 is 2.15 bits per heavy atom. The lowest BCUT2D eigenvalue weighted by Gasteiger charge is -2.15. The molecule has 0 amide bonds. The zero-order valence-electron chi connectivity index (χ0n) is 8.75. The Labute approximate surface area is 82.0 Å². The van der Waals surface area contributed by atoms with E-state index in [0.29, 0.717) is 0 Å². The minimum atomic E-state index is -0.869. The van der Waals surface area contributed by atoms with Crippen molar-refractivity contribution in [1.29, 1.82) is 0 Å². The summed E-state index contributed by atoms with van der Waals surface area (Å²) < 4.78 is 0. The maximum absolute atomic E-state index is 2.49. The molecule has 70 valence electrons. The van der Waals surface area contributed by atoms with Crippen LogP contribution in [0.1, 0.15) is 17.9 Å². The third-order valence-electron chi connectivity index (χ3n) is 3.13. The van der Waals surface area contributed by atoms with E-state index in [1.54, 1.807) is 5.56 Å². The van der Waals surface area contributed by atoms with Crippen LogP contribution in [0.15, 0.2) is 30.3 Å². The van der Waals surface area contributed by atoms with Gasteiger partial charge in [0.25, 0.3) is 0 Å². The van der Waals surface area contributed by atoms with Gasteiger partial charge in [-0.05, 0) is 23.4 Å². The SMILES string of the molecule is C[Si](C)(C)C1C[C@@H]1c1ccccc1. The molecule has 0 bridgehead atoms. The summed E-state index contributed by atoms with van der Waals surface area (Å²) in [6, 6.07) is 11.0. The van der Waals surface area contributed by atoms with Gasteiger partial charge in [-0.3, -0.25) is 0 Å². The largest absolute Gasteiger partial charge is 0.0693 e. The summed E-state index contributed by atoms with van der Waals surface area (Å²) in [4.78, 5) is 0. The second kappa shape index (κ2) is 2.98. The van der Waals surface area contributed by atoms with Crippen LogP contribution < -0.4 is 0 Å². The van der Waals surface area contributed by atoms with Crippen molar-refractivity contribution in [2.75, 3.05) is 0 Å². The average Bonchev–Trinajstić information content (AvgIpc) is 2.83. The first-order valence-electron chi connectivity index (χ1n) is 5.14. The van der Waals surface area contributed by atoms with Crippen LogP contribution in [0.4, 0.5) is 0 Å². The monoisotopic (exact) mass is 190 g/mol. The molecule has 13 heavy (non-hydrogen) atoms. The van der Waals surface area contributed by atoms with Crippen LogP contribution in [-0.4, -0.2) is 8.07 Å². The molecule has 1 heteroatoms. The van der Waals surface area contributed by atoms with Crippen LogP contribution in [0.25, 0.3) is 0 Å². The lowest BCUT2D eigenvalue weighted by molar-refractivity contribution is 1.11. The highest BCUT2D eigenvalue weighted by Crippen LogP contribution is 2.58. The molecule has 2 rings (SSSR count). The zero-order valence-corrected chi connectivity index (χ0v) is 9.75. The Kier molecular flexibility index (Phi) is 2.07. The van der Waals surface area contributed by atoms with E-state index >= 15 is 0 Å². The Morgan fingerprint density at radius 2 is 1.69 bits per heavy atom. The molecule has 0 spiro atoms. The Morgan fingerprint density at radius 1 is 1.08 bits per heavy atom. The Balaban J connectivity index is 2.09. The van der Waals surface area contributed by atoms with Crippen molar-refractivity contribution in [1.82, 2.24) is 0 Å². The number of rotatable bonds is 2. The highest BCUT2D eigenvalue weighted by atomic mass is 28.3. The van der Waals surface area contributed by atoms with Crippen molar-refractivity contribution in [3.63, 3.8) is 0 Å². The molecule has 1 aromatic rings. The molecule has 0 aliphatic heterocycles. The Hall–Kier alpha value is -0.563. The normalized spacial score (nSPS) is 27.3. The van der Waals surface area contributed by atoms with Gasteiger partial charge in [0.1, 0.15) is 0 Å². The van der Waals surface area contributed by atoms with E-state index in [9.17, 15) is 0 Å². The van der Waals surface area contributed by atoms with Gasteiger partial charge in [-0.1, -0.05) is 50.0 Å². The molecule has 1 saturated carbocycles. The fourth-order valence-corrected chi connectivity index (χ4v) is 4.58. The predicted octanol–water partition coefficient (Wildman–Crippen LogP) is 3.88. The third kappa shape index (κ3) is 1.85. The van der Waals surface area contributed by atoms with E-state index in [1.165, 1.54) is 6.42 Å². The van der Waals surface area contributed by atoms with Gasteiger partial charge in [0.05, 0.1) is 0 Å². The van der Waals surface area contributed by atoms with Gasteiger partial charge in [-0.25, -0.2) is 0 Å². The quantitative estimate of drug-likeness (QED) is 0.621. The lowest BCUT2D eigenvalue weighted by Crippen LogP contribution is -2.20. The number of benzene rings is 1. The van der Waals surface area contributed by atoms with E-state index in [0.717, 1.165) is 11.5 Å². The highest BCUT2D eigenvalue weighted by molar-refractivity contribution is 6.78. The minimum Gasteiger partial charge on any atom is -0.0693 e. The van der Waals surface area contributed by atoms with Crippen molar-refractivity contribution in [3.05, 3.63) is 35.9 Å². The van der Waals surface area contributed by atoms with Gasteiger partial charge < -0.3 is 0 Å². The molecule has 1 unspecified atom stereocenters. The summed E-state index contributed by atoms with van der Waals surface area (Å²) in [5, 5.41) is 0. The van der Waals surface area contributed by atoms with Crippen LogP contribution >= 0.6 is 0 Å². The first-order valence-corrected chi connectivity index (χ1v) is 8.72. The molecule has 1 aromatic carbocycles. The van der Waals surface area contributed by atoms with Crippen LogP contribution in [0.5, 0.6) is 0 Å². The van der Waals surface area contributed by atoms with E-state index in [1.807, 2.05) is 0 Å². The van der Waals surface area contributed by atoms with Crippen LogP contribution in [0.2, 0.25) is 25.2 Å². The smallest absolute Gasteiger partial charge is 0.0480 e. The molecule has 0 N–H and O–H groups in total. The van der Waals surface area contributed by atoms with E-state index in [4.69, 9.17) is 0 Å². The van der Waals surface area contributed by atoms with E-state index in [-0.39, 0.29) is 0 Å². The summed E-state index contributed by atoms with van der Waals surface area (Å²) >= 11 is 0. The van der Waals surface area contributed by atoms with Crippen LogP contribution in [-0.2, 0) is 0 Å². The van der Waals surface area contributed by atoms with Gasteiger partial charge in [0.2, 0.25) is 0 Å². The Bertz CT molecular complexity index is 284. The summed E-state index contributed by atoms with van der Waals surface area (Å²) in [5.74, 6) is 0.896. The minimum absolute atomic E-state index is 0.869. The van der Waals surface area contributed by atoms with E-state index < -0.39 is 8.07 Å². The first kappa shape index (κ1) is 9.01. The maximum atomic E-state index is 2.49. The van der Waals surface area contributed by atoms with Gasteiger partial charge in [0.15, 0.2) is 0 Å². The second-order valence-corrected chi connectivity index (χ2v) is 10.7. The summed E-state index contributed by atoms with van der Waals surface area (Å²) in [6.45, 7) is 7.46. The molecule has 0 nitrogen and oxygen atoms in total. The van der Waals surface area contributed by atoms with Crippen molar-refractivity contribution in [2.24, 2.45) is 0 Å². The highest BCUT2D eigenvalue weighted by Gasteiger charge is 2.46. The van der Waals surface area contributed by atoms with Gasteiger partial charge in [0, 0.05) is 8.07 Å². The van der Waals surface area contributed by atoms with Crippen molar-refractivity contribution < 1.29 is 0 Å². The van der Waals surface area contributed by atoms with Crippen molar-refractivity contribution >= 4 is 8.07 Å². The maximum Gasteiger partial charge on any atom is 0.0480 e. The first-order chi connectivity index (χ1) is 6.09.